The molecule has 1 aliphatic heterocycles. The van der Waals surface area contributed by atoms with Crippen LogP contribution in [0.1, 0.15) is 44.1 Å². The highest BCUT2D eigenvalue weighted by Gasteiger charge is 2.41. The van der Waals surface area contributed by atoms with Crippen LogP contribution in [-0.4, -0.2) is 24.5 Å². The van der Waals surface area contributed by atoms with E-state index in [-0.39, 0.29) is 18.0 Å². The number of anilines is 1. The molecule has 1 aromatic carbocycles. The highest BCUT2D eigenvalue weighted by Crippen LogP contribution is 2.45. The van der Waals surface area contributed by atoms with Crippen LogP contribution in [0, 0.1) is 11.8 Å². The minimum absolute atomic E-state index is 0.129. The number of fused-ring (bicyclic) bond motifs is 2. The normalized spacial score (nSPS) is 28.9. The van der Waals surface area contributed by atoms with E-state index < -0.39 is 0 Å². The van der Waals surface area contributed by atoms with Gasteiger partial charge in [0, 0.05) is 24.7 Å². The van der Waals surface area contributed by atoms with E-state index in [4.69, 9.17) is 4.74 Å². The SMILES string of the molecule is O=C(/C=C/c1ccc(N2CCCC2=O)cc1)O[C@@H]1C[C@H]2CC[C@H]1C2. The van der Waals surface area contributed by atoms with Gasteiger partial charge in [-0.05, 0) is 67.7 Å². The Morgan fingerprint density at radius 3 is 2.62 bits per heavy atom. The Balaban J connectivity index is 1.33. The number of amides is 1. The Kier molecular flexibility index (Phi) is 4.13. The fraction of sp³-hybridized carbons (Fsp3) is 0.500. The van der Waals surface area contributed by atoms with Crippen molar-refractivity contribution in [2.45, 2.75) is 44.6 Å². The van der Waals surface area contributed by atoms with Gasteiger partial charge in [-0.25, -0.2) is 4.79 Å². The fourth-order valence-corrected chi connectivity index (χ4v) is 4.37. The molecule has 3 fully saturated rings. The third-order valence-corrected chi connectivity index (χ3v) is 5.63. The third kappa shape index (κ3) is 3.10. The monoisotopic (exact) mass is 325 g/mol. The number of benzene rings is 1. The number of hydrogen-bond acceptors (Lipinski definition) is 3. The molecule has 4 rings (SSSR count). The first-order chi connectivity index (χ1) is 11.7. The highest BCUT2D eigenvalue weighted by molar-refractivity contribution is 5.95. The molecule has 1 aromatic rings. The van der Waals surface area contributed by atoms with Crippen molar-refractivity contribution in [3.8, 4) is 0 Å². The molecule has 4 nitrogen and oxygen atoms in total. The van der Waals surface area contributed by atoms with E-state index in [1.165, 1.54) is 25.3 Å². The van der Waals surface area contributed by atoms with Gasteiger partial charge < -0.3 is 9.64 Å². The number of ether oxygens (including phenoxy) is 1. The molecule has 0 aromatic heterocycles. The van der Waals surface area contributed by atoms with Crippen molar-refractivity contribution < 1.29 is 14.3 Å². The van der Waals surface area contributed by atoms with E-state index in [9.17, 15) is 9.59 Å². The molecule has 1 heterocycles. The second-order valence-corrected chi connectivity index (χ2v) is 7.22. The number of hydrogen-bond donors (Lipinski definition) is 0. The van der Waals surface area contributed by atoms with Crippen molar-refractivity contribution in [2.24, 2.45) is 11.8 Å². The highest BCUT2D eigenvalue weighted by atomic mass is 16.5. The van der Waals surface area contributed by atoms with E-state index in [0.29, 0.717) is 12.3 Å². The molecule has 1 saturated heterocycles. The first-order valence-corrected chi connectivity index (χ1v) is 8.98. The Morgan fingerprint density at radius 2 is 2.00 bits per heavy atom. The maximum atomic E-state index is 12.0. The summed E-state index contributed by atoms with van der Waals surface area (Å²) in [6.45, 7) is 0.796. The number of nitrogens with zero attached hydrogens (tertiary/aromatic N) is 1. The molecule has 0 radical (unpaired) electrons. The van der Waals surface area contributed by atoms with E-state index in [1.807, 2.05) is 29.2 Å². The Labute approximate surface area is 142 Å². The van der Waals surface area contributed by atoms with Crippen molar-refractivity contribution in [2.75, 3.05) is 11.4 Å². The Bertz CT molecular complexity index is 664. The van der Waals surface area contributed by atoms with Crippen LogP contribution in [-0.2, 0) is 14.3 Å². The van der Waals surface area contributed by atoms with E-state index in [1.54, 1.807) is 6.08 Å². The summed E-state index contributed by atoms with van der Waals surface area (Å²) in [5.74, 6) is 1.31. The van der Waals surface area contributed by atoms with E-state index in [2.05, 4.69) is 0 Å². The summed E-state index contributed by atoms with van der Waals surface area (Å²) in [6, 6.07) is 7.73. The standard InChI is InChI=1S/C20H23NO3/c22-19-2-1-11-21(19)17-8-4-14(5-9-17)6-10-20(23)24-18-13-15-3-7-16(18)12-15/h4-6,8-10,15-16,18H,1-3,7,11-13H2/b10-6+/t15-,16-,18+/m0/s1. The average Bonchev–Trinajstić information content (AvgIpc) is 3.30. The van der Waals surface area contributed by atoms with Gasteiger partial charge in [-0.2, -0.15) is 0 Å². The molecule has 0 N–H and O–H groups in total. The zero-order valence-electron chi connectivity index (χ0n) is 13.8. The lowest BCUT2D eigenvalue weighted by molar-refractivity contribution is -0.145. The van der Waals surface area contributed by atoms with Gasteiger partial charge in [0.2, 0.25) is 5.91 Å². The molecule has 3 atom stereocenters. The van der Waals surface area contributed by atoms with Gasteiger partial charge >= 0.3 is 5.97 Å². The Morgan fingerprint density at radius 1 is 1.17 bits per heavy atom. The van der Waals surface area contributed by atoms with Crippen LogP contribution in [0.4, 0.5) is 5.69 Å². The lowest BCUT2D eigenvalue weighted by atomic mass is 9.98. The molecule has 2 bridgehead atoms. The summed E-state index contributed by atoms with van der Waals surface area (Å²) in [5.41, 5.74) is 1.87. The lowest BCUT2D eigenvalue weighted by Crippen LogP contribution is -2.23. The molecule has 0 spiro atoms. The molecule has 3 aliphatic rings. The van der Waals surface area contributed by atoms with Crippen LogP contribution < -0.4 is 4.90 Å². The topological polar surface area (TPSA) is 46.6 Å². The van der Waals surface area contributed by atoms with Gasteiger partial charge in [-0.15, -0.1) is 0 Å². The molecule has 126 valence electrons. The summed E-state index contributed by atoms with van der Waals surface area (Å²) < 4.78 is 5.61. The van der Waals surface area contributed by atoms with Crippen LogP contribution in [0.5, 0.6) is 0 Å². The number of rotatable bonds is 4. The summed E-state index contributed by atoms with van der Waals surface area (Å²) in [5, 5.41) is 0. The van der Waals surface area contributed by atoms with Crippen molar-refractivity contribution >= 4 is 23.6 Å². The molecule has 1 amide bonds. The predicted octanol–water partition coefficient (Wildman–Crippen LogP) is 3.56. The van der Waals surface area contributed by atoms with Crippen LogP contribution in [0.25, 0.3) is 6.08 Å². The van der Waals surface area contributed by atoms with Crippen molar-refractivity contribution in [1.82, 2.24) is 0 Å². The molecule has 0 unspecified atom stereocenters. The van der Waals surface area contributed by atoms with Gasteiger partial charge in [0.1, 0.15) is 6.10 Å². The minimum atomic E-state index is -0.244. The van der Waals surface area contributed by atoms with Crippen molar-refractivity contribution in [3.63, 3.8) is 0 Å². The summed E-state index contributed by atoms with van der Waals surface area (Å²) in [7, 11) is 0. The first kappa shape index (κ1) is 15.4. The molecule has 2 saturated carbocycles. The molecular formula is C20H23NO3. The van der Waals surface area contributed by atoms with Gasteiger partial charge in [0.25, 0.3) is 0 Å². The average molecular weight is 325 g/mol. The largest absolute Gasteiger partial charge is 0.459 e. The second kappa shape index (κ2) is 6.42. The third-order valence-electron chi connectivity index (χ3n) is 5.63. The molecule has 2 aliphatic carbocycles. The van der Waals surface area contributed by atoms with Crippen LogP contribution in [0.2, 0.25) is 0 Å². The summed E-state index contributed by atoms with van der Waals surface area (Å²) in [4.78, 5) is 25.6. The zero-order chi connectivity index (χ0) is 16.5. The minimum Gasteiger partial charge on any atom is -0.459 e. The molecule has 24 heavy (non-hydrogen) atoms. The quantitative estimate of drug-likeness (QED) is 0.628. The zero-order valence-corrected chi connectivity index (χ0v) is 13.8. The number of carbonyl (C=O) groups excluding carboxylic acids is 2. The maximum Gasteiger partial charge on any atom is 0.331 e. The first-order valence-electron chi connectivity index (χ1n) is 8.98. The van der Waals surface area contributed by atoms with Crippen molar-refractivity contribution in [1.29, 1.82) is 0 Å². The summed E-state index contributed by atoms with van der Waals surface area (Å²) in [6.07, 6.45) is 9.79. The van der Waals surface area contributed by atoms with Gasteiger partial charge in [-0.3, -0.25) is 4.79 Å². The fourth-order valence-electron chi connectivity index (χ4n) is 4.37. The number of esters is 1. The Hall–Kier alpha value is -2.10. The molecule has 4 heteroatoms. The maximum absolute atomic E-state index is 12.0. The van der Waals surface area contributed by atoms with Crippen LogP contribution >= 0.6 is 0 Å². The van der Waals surface area contributed by atoms with Gasteiger partial charge in [-0.1, -0.05) is 12.1 Å². The lowest BCUT2D eigenvalue weighted by Gasteiger charge is -2.21. The van der Waals surface area contributed by atoms with E-state index in [0.717, 1.165) is 36.6 Å². The molecular weight excluding hydrogens is 302 g/mol. The van der Waals surface area contributed by atoms with Gasteiger partial charge in [0.15, 0.2) is 0 Å². The van der Waals surface area contributed by atoms with Crippen LogP contribution in [0.3, 0.4) is 0 Å². The summed E-state index contributed by atoms with van der Waals surface area (Å²) >= 11 is 0. The van der Waals surface area contributed by atoms with E-state index >= 15 is 0 Å². The van der Waals surface area contributed by atoms with Crippen LogP contribution in [0.15, 0.2) is 30.3 Å². The second-order valence-electron chi connectivity index (χ2n) is 7.22. The number of carbonyl (C=O) groups is 2. The predicted molar refractivity (Wildman–Crippen MR) is 92.4 cm³/mol. The van der Waals surface area contributed by atoms with Gasteiger partial charge in [0.05, 0.1) is 0 Å². The van der Waals surface area contributed by atoms with Crippen molar-refractivity contribution in [3.05, 3.63) is 35.9 Å². The smallest absolute Gasteiger partial charge is 0.331 e.